The van der Waals surface area contributed by atoms with Gasteiger partial charge in [0.2, 0.25) is 0 Å². The highest BCUT2D eigenvalue weighted by Crippen LogP contribution is 2.34. The molecule has 0 aromatic carbocycles. The molecule has 0 spiro atoms. The van der Waals surface area contributed by atoms with Gasteiger partial charge in [0.1, 0.15) is 11.2 Å². The average Bonchev–Trinajstić information content (AvgIpc) is 3.01. The van der Waals surface area contributed by atoms with Gasteiger partial charge in [0.05, 0.1) is 0 Å². The molecule has 1 fully saturated rings. The molecule has 0 aliphatic carbocycles. The second-order valence-electron chi connectivity index (χ2n) is 5.08. The fourth-order valence-corrected chi connectivity index (χ4v) is 3.43. The first kappa shape index (κ1) is 15.1. The lowest BCUT2D eigenvalue weighted by atomic mass is 9.93. The summed E-state index contributed by atoms with van der Waals surface area (Å²) >= 11 is 3.37. The Morgan fingerprint density at radius 1 is 1.45 bits per heavy atom. The number of rotatable bonds is 4. The molecule has 1 aromatic rings. The van der Waals surface area contributed by atoms with Gasteiger partial charge in [-0.05, 0) is 48.2 Å². The van der Waals surface area contributed by atoms with E-state index < -0.39 is 11.5 Å². The van der Waals surface area contributed by atoms with Gasteiger partial charge in [-0.15, -0.1) is 0 Å². The summed E-state index contributed by atoms with van der Waals surface area (Å²) in [7, 11) is 0. The molecule has 1 N–H and O–H groups in total. The number of likely N-dealkylation sites (tertiary alicyclic amines) is 1. The normalized spacial score (nSPS) is 22.2. The van der Waals surface area contributed by atoms with Crippen LogP contribution >= 0.6 is 15.9 Å². The van der Waals surface area contributed by atoms with E-state index in [9.17, 15) is 14.7 Å². The number of amides is 1. The molecule has 1 saturated heterocycles. The standard InChI is InChI=1S/C14H19BrN2O3/c1-3-14(13(19)20)6-5-7-17(14)12(18)11-8-10(15)9-16(11)4-2/h8-9H,3-7H2,1-2H3,(H,19,20). The van der Waals surface area contributed by atoms with Gasteiger partial charge in [0, 0.05) is 23.8 Å². The van der Waals surface area contributed by atoms with Crippen LogP contribution in [0.4, 0.5) is 0 Å². The van der Waals surface area contributed by atoms with Gasteiger partial charge < -0.3 is 14.6 Å². The van der Waals surface area contributed by atoms with Crippen molar-refractivity contribution < 1.29 is 14.7 Å². The number of hydrogen-bond donors (Lipinski definition) is 1. The smallest absolute Gasteiger partial charge is 0.329 e. The van der Waals surface area contributed by atoms with Crippen LogP contribution in [-0.2, 0) is 11.3 Å². The van der Waals surface area contributed by atoms with Crippen molar-refractivity contribution in [2.24, 2.45) is 0 Å². The maximum Gasteiger partial charge on any atom is 0.329 e. The minimum Gasteiger partial charge on any atom is -0.479 e. The number of nitrogens with zero attached hydrogens (tertiary/aromatic N) is 2. The Kier molecular flexibility index (Phi) is 4.22. The third-order valence-electron chi connectivity index (χ3n) is 4.14. The number of halogens is 1. The molecule has 1 unspecified atom stereocenters. The second-order valence-corrected chi connectivity index (χ2v) is 6.00. The third kappa shape index (κ3) is 2.26. The van der Waals surface area contributed by atoms with Gasteiger partial charge >= 0.3 is 5.97 Å². The number of aromatic nitrogens is 1. The summed E-state index contributed by atoms with van der Waals surface area (Å²) in [6.07, 6.45) is 3.54. The predicted molar refractivity (Wildman–Crippen MR) is 78.7 cm³/mol. The number of carbonyl (C=O) groups is 2. The fraction of sp³-hybridized carbons (Fsp3) is 0.571. The van der Waals surface area contributed by atoms with E-state index in [0.29, 0.717) is 31.6 Å². The van der Waals surface area contributed by atoms with Gasteiger partial charge in [-0.25, -0.2) is 4.79 Å². The van der Waals surface area contributed by atoms with Crippen molar-refractivity contribution in [1.29, 1.82) is 0 Å². The summed E-state index contributed by atoms with van der Waals surface area (Å²) in [5.74, 6) is -1.10. The first-order chi connectivity index (χ1) is 9.46. The summed E-state index contributed by atoms with van der Waals surface area (Å²) in [6, 6.07) is 1.76. The number of carboxylic acids is 1. The first-order valence-corrected chi connectivity index (χ1v) is 7.66. The van der Waals surface area contributed by atoms with Crippen LogP contribution < -0.4 is 0 Å². The molecule has 110 valence electrons. The maximum atomic E-state index is 12.7. The highest BCUT2D eigenvalue weighted by Gasteiger charge is 2.49. The molecule has 6 heteroatoms. The summed E-state index contributed by atoms with van der Waals surface area (Å²) in [4.78, 5) is 25.9. The number of aryl methyl sites for hydroxylation is 1. The molecule has 1 aliphatic heterocycles. The van der Waals surface area contributed by atoms with Crippen LogP contribution in [0.5, 0.6) is 0 Å². The number of hydrogen-bond acceptors (Lipinski definition) is 2. The summed E-state index contributed by atoms with van der Waals surface area (Å²) in [5.41, 5.74) is -0.507. The lowest BCUT2D eigenvalue weighted by Gasteiger charge is -2.34. The number of carboxylic acid groups (broad SMARTS) is 1. The van der Waals surface area contributed by atoms with Crippen molar-refractivity contribution in [3.8, 4) is 0 Å². The summed E-state index contributed by atoms with van der Waals surface area (Å²) < 4.78 is 2.67. The van der Waals surface area contributed by atoms with Crippen LogP contribution in [0, 0.1) is 0 Å². The average molecular weight is 343 g/mol. The quantitative estimate of drug-likeness (QED) is 0.914. The minimum absolute atomic E-state index is 0.195. The lowest BCUT2D eigenvalue weighted by molar-refractivity contribution is -0.148. The zero-order valence-corrected chi connectivity index (χ0v) is 13.3. The largest absolute Gasteiger partial charge is 0.479 e. The summed E-state index contributed by atoms with van der Waals surface area (Å²) in [6.45, 7) is 4.96. The van der Waals surface area contributed by atoms with E-state index >= 15 is 0 Å². The van der Waals surface area contributed by atoms with E-state index in [2.05, 4.69) is 15.9 Å². The van der Waals surface area contributed by atoms with Crippen molar-refractivity contribution in [2.45, 2.75) is 45.2 Å². The van der Waals surface area contributed by atoms with E-state index in [-0.39, 0.29) is 5.91 Å². The zero-order valence-electron chi connectivity index (χ0n) is 11.7. The Morgan fingerprint density at radius 2 is 2.15 bits per heavy atom. The van der Waals surface area contributed by atoms with Crippen LogP contribution in [0.1, 0.15) is 43.6 Å². The van der Waals surface area contributed by atoms with Crippen LogP contribution in [0.2, 0.25) is 0 Å². The van der Waals surface area contributed by atoms with Crippen molar-refractivity contribution in [3.05, 3.63) is 22.4 Å². The number of aliphatic carboxylic acids is 1. The molecule has 0 saturated carbocycles. The van der Waals surface area contributed by atoms with Gasteiger partial charge in [0.25, 0.3) is 5.91 Å². The molecular formula is C14H19BrN2O3. The topological polar surface area (TPSA) is 62.5 Å². The molecule has 1 amide bonds. The molecule has 5 nitrogen and oxygen atoms in total. The van der Waals surface area contributed by atoms with Crippen molar-refractivity contribution >= 4 is 27.8 Å². The van der Waals surface area contributed by atoms with E-state index in [0.717, 1.165) is 10.9 Å². The Labute approximate surface area is 126 Å². The van der Waals surface area contributed by atoms with E-state index in [1.165, 1.54) is 4.90 Å². The molecule has 1 atom stereocenters. The Hall–Kier alpha value is -1.30. The van der Waals surface area contributed by atoms with Crippen molar-refractivity contribution in [2.75, 3.05) is 6.54 Å². The SMILES string of the molecule is CCn1cc(Br)cc1C(=O)N1CCCC1(CC)C(=O)O. The molecule has 1 aliphatic rings. The maximum absolute atomic E-state index is 12.7. The van der Waals surface area contributed by atoms with E-state index in [1.807, 2.05) is 24.6 Å². The Bertz CT molecular complexity index is 541. The van der Waals surface area contributed by atoms with Gasteiger partial charge in [-0.2, -0.15) is 0 Å². The van der Waals surface area contributed by atoms with Crippen LogP contribution in [-0.4, -0.2) is 38.5 Å². The van der Waals surface area contributed by atoms with Gasteiger partial charge in [0.15, 0.2) is 0 Å². The molecule has 0 radical (unpaired) electrons. The molecular weight excluding hydrogens is 324 g/mol. The van der Waals surface area contributed by atoms with Crippen LogP contribution in [0.25, 0.3) is 0 Å². The zero-order chi connectivity index (χ0) is 14.9. The minimum atomic E-state index is -1.05. The van der Waals surface area contributed by atoms with Crippen molar-refractivity contribution in [1.82, 2.24) is 9.47 Å². The molecule has 0 bridgehead atoms. The molecule has 2 rings (SSSR count). The highest BCUT2D eigenvalue weighted by molar-refractivity contribution is 9.10. The second kappa shape index (κ2) is 5.60. The van der Waals surface area contributed by atoms with Crippen molar-refractivity contribution in [3.63, 3.8) is 0 Å². The van der Waals surface area contributed by atoms with Crippen LogP contribution in [0.15, 0.2) is 16.7 Å². The Morgan fingerprint density at radius 3 is 2.70 bits per heavy atom. The molecule has 2 heterocycles. The van der Waals surface area contributed by atoms with Gasteiger partial charge in [-0.3, -0.25) is 4.79 Å². The Balaban J connectivity index is 2.39. The predicted octanol–water partition coefficient (Wildman–Crippen LogP) is 2.74. The molecule has 20 heavy (non-hydrogen) atoms. The fourth-order valence-electron chi connectivity index (χ4n) is 2.97. The van der Waals surface area contributed by atoms with E-state index in [1.54, 1.807) is 6.07 Å². The summed E-state index contributed by atoms with van der Waals surface area (Å²) in [5, 5.41) is 9.55. The van der Waals surface area contributed by atoms with Crippen LogP contribution in [0.3, 0.4) is 0 Å². The first-order valence-electron chi connectivity index (χ1n) is 6.87. The monoisotopic (exact) mass is 342 g/mol. The van der Waals surface area contributed by atoms with Gasteiger partial charge in [-0.1, -0.05) is 6.92 Å². The molecule has 1 aromatic heterocycles. The lowest BCUT2D eigenvalue weighted by Crippen LogP contribution is -2.53. The number of carbonyl (C=O) groups excluding carboxylic acids is 1. The highest BCUT2D eigenvalue weighted by atomic mass is 79.9. The van der Waals surface area contributed by atoms with E-state index in [4.69, 9.17) is 0 Å². The third-order valence-corrected chi connectivity index (χ3v) is 4.57.